The maximum absolute atomic E-state index is 9.88. The Morgan fingerprint density at radius 3 is 2.89 bits per heavy atom. The molecule has 1 fully saturated rings. The van der Waals surface area contributed by atoms with Crippen LogP contribution in [0.4, 0.5) is 0 Å². The number of aliphatic hydroxyl groups is 1. The van der Waals surface area contributed by atoms with Crippen LogP contribution in [0.15, 0.2) is 36.7 Å². The van der Waals surface area contributed by atoms with Crippen LogP contribution in [-0.4, -0.2) is 52.3 Å². The summed E-state index contributed by atoms with van der Waals surface area (Å²) in [6.07, 6.45) is 6.17. The normalized spacial score (nSPS) is 20.3. The van der Waals surface area contributed by atoms with Gasteiger partial charge in [-0.05, 0) is 38.3 Å². The van der Waals surface area contributed by atoms with Crippen molar-refractivity contribution >= 4 is 23.6 Å². The van der Waals surface area contributed by atoms with Crippen LogP contribution in [0.5, 0.6) is 0 Å². The zero-order chi connectivity index (χ0) is 19.3. The largest absolute Gasteiger partial charge is 0.393 e. The molecule has 0 bridgehead atoms. The predicted octanol–water partition coefficient (Wildman–Crippen LogP) is 1.15. The first kappa shape index (κ1) is 19.9. The van der Waals surface area contributed by atoms with Gasteiger partial charge in [-0.2, -0.15) is 0 Å². The Balaban J connectivity index is 1.80. The Bertz CT molecular complexity index is 805. The monoisotopic (exact) mass is 377 g/mol. The number of benzene rings is 1. The summed E-state index contributed by atoms with van der Waals surface area (Å²) in [6.45, 7) is 2.43. The summed E-state index contributed by atoms with van der Waals surface area (Å²) < 4.78 is 13.6. The van der Waals surface area contributed by atoms with Crippen molar-refractivity contribution in [3.05, 3.63) is 48.0 Å². The number of nitrogens with zero attached hydrogens (tertiary/aromatic N) is 2. The smallest absolute Gasteiger partial charge is 0.158 e. The van der Waals surface area contributed by atoms with Crippen LogP contribution in [0.25, 0.3) is 0 Å². The molecule has 5 nitrogen and oxygen atoms in total. The molecule has 5 radical (unpaired) electrons. The average molecular weight is 377 g/mol. The molecule has 1 aliphatic rings. The Hall–Kier alpha value is -1.85. The first-order valence-corrected chi connectivity index (χ1v) is 9.55. The topological polar surface area (TPSA) is 56.5 Å². The average Bonchev–Trinajstić information content (AvgIpc) is 3.15. The summed E-state index contributed by atoms with van der Waals surface area (Å²) in [5, 5.41) is 9.02. The minimum absolute atomic E-state index is 0.145. The highest BCUT2D eigenvalue weighted by Crippen LogP contribution is 2.27. The number of rotatable bonds is 5. The van der Waals surface area contributed by atoms with E-state index in [1.165, 1.54) is 0 Å². The molecule has 1 aromatic heterocycles. The van der Waals surface area contributed by atoms with Crippen molar-refractivity contribution in [3.8, 4) is 11.8 Å². The molecule has 0 amide bonds. The van der Waals surface area contributed by atoms with Crippen molar-refractivity contribution in [1.82, 2.24) is 9.55 Å². The van der Waals surface area contributed by atoms with Gasteiger partial charge in [0.05, 0.1) is 16.8 Å². The van der Waals surface area contributed by atoms with Gasteiger partial charge < -0.3 is 19.1 Å². The van der Waals surface area contributed by atoms with E-state index < -0.39 is 11.3 Å². The van der Waals surface area contributed by atoms with Crippen LogP contribution in [0.1, 0.15) is 43.6 Å². The SMILES string of the molecule is [B]c1ccc(C#C[C@@H](CO)n2ccnc2[C@](C)([Si])OC2CCCCO2)cc1. The molecule has 0 saturated carbocycles. The number of imidazole rings is 1. The number of aliphatic hydroxyl groups excluding tert-OH is 1. The molecular formula is C20H22BN2O3Si. The van der Waals surface area contributed by atoms with Gasteiger partial charge in [-0.15, -0.1) is 0 Å². The lowest BCUT2D eigenvalue weighted by Crippen LogP contribution is -2.38. The van der Waals surface area contributed by atoms with E-state index in [-0.39, 0.29) is 12.9 Å². The summed E-state index contributed by atoms with van der Waals surface area (Å²) >= 11 is 0. The molecule has 2 aromatic rings. The van der Waals surface area contributed by atoms with E-state index >= 15 is 0 Å². The third kappa shape index (κ3) is 5.11. The van der Waals surface area contributed by atoms with Crippen molar-refractivity contribution in [2.75, 3.05) is 13.2 Å². The molecule has 1 unspecified atom stereocenters. The molecular weight excluding hydrogens is 355 g/mol. The standard InChI is InChI=1S/C20H22BN2O3Si/c1-20(27,26-18-4-2-3-13-25-18)19-22-11-12-23(19)17(14-24)10-7-15-5-8-16(21)9-6-15/h5-6,8-9,11-12,17-18,24H,2-4,13-14H2,1H3/t17-,18?,20-/m0/s1. The first-order chi connectivity index (χ1) is 13.0. The van der Waals surface area contributed by atoms with Crippen LogP contribution in [0.2, 0.25) is 0 Å². The van der Waals surface area contributed by atoms with E-state index in [9.17, 15) is 5.11 Å². The minimum atomic E-state index is -0.859. The maximum atomic E-state index is 9.88. The lowest BCUT2D eigenvalue weighted by molar-refractivity contribution is -0.202. The Morgan fingerprint density at radius 2 is 2.22 bits per heavy atom. The van der Waals surface area contributed by atoms with Crippen molar-refractivity contribution in [2.24, 2.45) is 0 Å². The summed E-state index contributed by atoms with van der Waals surface area (Å²) in [7, 11) is 9.39. The van der Waals surface area contributed by atoms with E-state index in [4.69, 9.17) is 17.3 Å². The molecule has 1 aromatic carbocycles. The van der Waals surface area contributed by atoms with Crippen molar-refractivity contribution < 1.29 is 14.6 Å². The van der Waals surface area contributed by atoms with Gasteiger partial charge in [0, 0.05) is 24.6 Å². The van der Waals surface area contributed by atoms with Crippen LogP contribution in [0.3, 0.4) is 0 Å². The van der Waals surface area contributed by atoms with Crippen LogP contribution in [-0.2, 0) is 14.7 Å². The van der Waals surface area contributed by atoms with Gasteiger partial charge in [-0.1, -0.05) is 29.4 Å². The highest BCUT2D eigenvalue weighted by atomic mass is 28.1. The molecule has 1 saturated heterocycles. The zero-order valence-corrected chi connectivity index (χ0v) is 16.4. The molecule has 0 spiro atoms. The molecule has 0 aliphatic carbocycles. The number of ether oxygens (including phenoxy) is 2. The van der Waals surface area contributed by atoms with Crippen molar-refractivity contribution in [3.63, 3.8) is 0 Å². The lowest BCUT2D eigenvalue weighted by Gasteiger charge is -2.33. The number of aromatic nitrogens is 2. The second-order valence-electron chi connectivity index (χ2n) is 6.70. The van der Waals surface area contributed by atoms with Gasteiger partial charge in [0.25, 0.3) is 0 Å². The molecule has 2 heterocycles. The fraction of sp³-hybridized carbons (Fsp3) is 0.450. The van der Waals surface area contributed by atoms with Gasteiger partial charge in [-0.25, -0.2) is 4.98 Å². The van der Waals surface area contributed by atoms with Crippen molar-refractivity contribution in [2.45, 2.75) is 43.7 Å². The van der Waals surface area contributed by atoms with E-state index in [2.05, 4.69) is 27.1 Å². The third-order valence-corrected chi connectivity index (χ3v) is 4.74. The lowest BCUT2D eigenvalue weighted by atomic mass is 9.95. The fourth-order valence-electron chi connectivity index (χ4n) is 2.99. The highest BCUT2D eigenvalue weighted by Gasteiger charge is 2.32. The molecule has 7 heteroatoms. The van der Waals surface area contributed by atoms with Gasteiger partial charge in [-0.3, -0.25) is 0 Å². The Morgan fingerprint density at radius 1 is 1.44 bits per heavy atom. The van der Waals surface area contributed by atoms with Gasteiger partial charge >= 0.3 is 0 Å². The first-order valence-electron chi connectivity index (χ1n) is 9.05. The fourth-order valence-corrected chi connectivity index (χ4v) is 3.32. The van der Waals surface area contributed by atoms with Crippen molar-refractivity contribution in [1.29, 1.82) is 0 Å². The molecule has 3 rings (SSSR count). The molecule has 3 atom stereocenters. The second kappa shape index (κ2) is 8.89. The van der Waals surface area contributed by atoms with Gasteiger partial charge in [0.15, 0.2) is 6.29 Å². The Kier molecular flexibility index (Phi) is 6.56. The number of hydrogen-bond donors (Lipinski definition) is 1. The second-order valence-corrected chi connectivity index (χ2v) is 7.65. The van der Waals surface area contributed by atoms with Crippen LogP contribution in [0, 0.1) is 11.8 Å². The maximum Gasteiger partial charge on any atom is 0.158 e. The third-order valence-electron chi connectivity index (χ3n) is 4.40. The molecule has 1 aliphatic heterocycles. The van der Waals surface area contributed by atoms with Gasteiger partial charge in [0.1, 0.15) is 24.9 Å². The summed E-state index contributed by atoms with van der Waals surface area (Å²) in [5.74, 6) is 6.80. The van der Waals surface area contributed by atoms with Crippen LogP contribution < -0.4 is 5.46 Å². The zero-order valence-electron chi connectivity index (χ0n) is 15.4. The van der Waals surface area contributed by atoms with Crippen LogP contribution >= 0.6 is 0 Å². The van der Waals surface area contributed by atoms with E-state index in [0.29, 0.717) is 17.9 Å². The minimum Gasteiger partial charge on any atom is -0.393 e. The Labute approximate surface area is 164 Å². The van der Waals surface area contributed by atoms with E-state index in [0.717, 1.165) is 24.8 Å². The van der Waals surface area contributed by atoms with E-state index in [1.54, 1.807) is 24.5 Å². The molecule has 27 heavy (non-hydrogen) atoms. The summed E-state index contributed by atoms with van der Waals surface area (Å²) in [5.41, 5.74) is 1.52. The quantitative estimate of drug-likeness (QED) is 0.628. The van der Waals surface area contributed by atoms with Gasteiger partial charge in [0.2, 0.25) is 0 Å². The molecule has 137 valence electrons. The molecule has 1 N–H and O–H groups in total. The van der Waals surface area contributed by atoms with E-state index in [1.807, 2.05) is 23.6 Å². The number of hydrogen-bond acceptors (Lipinski definition) is 4. The summed E-state index contributed by atoms with van der Waals surface area (Å²) in [4.78, 5) is 4.43. The summed E-state index contributed by atoms with van der Waals surface area (Å²) in [6, 6.07) is 6.85. The predicted molar refractivity (Wildman–Crippen MR) is 105 cm³/mol. The highest BCUT2D eigenvalue weighted by molar-refractivity contribution is 6.32.